The summed E-state index contributed by atoms with van der Waals surface area (Å²) in [7, 11) is 0. The van der Waals surface area contributed by atoms with Crippen LogP contribution in [0, 0.1) is 0 Å². The third-order valence-corrected chi connectivity index (χ3v) is 2.19. The van der Waals surface area contributed by atoms with Crippen molar-refractivity contribution in [3.8, 4) is 0 Å². The molecule has 0 N–H and O–H groups in total. The van der Waals surface area contributed by atoms with Gasteiger partial charge < -0.3 is 4.79 Å². The van der Waals surface area contributed by atoms with E-state index in [9.17, 15) is 14.4 Å². The van der Waals surface area contributed by atoms with E-state index in [0.29, 0.717) is 19.3 Å². The zero-order valence-electron chi connectivity index (χ0n) is 7.59. The minimum atomic E-state index is -1.00. The van der Waals surface area contributed by atoms with Crippen LogP contribution in [-0.4, -0.2) is 23.2 Å². The number of carbonyl (C=O) groups excluding carboxylic acids is 3. The molecule has 0 amide bonds. The van der Waals surface area contributed by atoms with Crippen LogP contribution >= 0.6 is 11.6 Å². The van der Waals surface area contributed by atoms with Crippen molar-refractivity contribution >= 4 is 29.5 Å². The van der Waals surface area contributed by atoms with Gasteiger partial charge in [-0.25, -0.2) is 0 Å². The largest absolute Gasteiger partial charge is 0.303 e. The lowest BCUT2D eigenvalue weighted by atomic mass is 10.1. The van der Waals surface area contributed by atoms with Crippen LogP contribution in [0.4, 0.5) is 0 Å². The van der Waals surface area contributed by atoms with Crippen LogP contribution in [0.5, 0.6) is 0 Å². The van der Waals surface area contributed by atoms with Crippen LogP contribution in [0.25, 0.3) is 0 Å². The number of carbonyl (C=O) groups is 3. The average Bonchev–Trinajstić information content (AvgIpc) is 2.10. The van der Waals surface area contributed by atoms with Crippen LogP contribution in [-0.2, 0) is 14.4 Å². The van der Waals surface area contributed by atoms with Crippen molar-refractivity contribution < 1.29 is 14.4 Å². The quantitative estimate of drug-likeness (QED) is 0.273. The molecule has 13 heavy (non-hydrogen) atoms. The maximum Gasteiger partial charge on any atom is 0.158 e. The Morgan fingerprint density at radius 2 is 2.00 bits per heavy atom. The van der Waals surface area contributed by atoms with Crippen molar-refractivity contribution in [2.75, 3.05) is 0 Å². The fourth-order valence-corrected chi connectivity index (χ4v) is 0.989. The Hall–Kier alpha value is -0.700. The Morgan fingerprint density at radius 3 is 2.46 bits per heavy atom. The normalized spacial score (nSPS) is 12.2. The third-order valence-electron chi connectivity index (χ3n) is 1.63. The molecule has 1 unspecified atom stereocenters. The fraction of sp³-hybridized carbons (Fsp3) is 0.667. The highest BCUT2D eigenvalue weighted by Gasteiger charge is 2.18. The van der Waals surface area contributed by atoms with Crippen molar-refractivity contribution in [2.24, 2.45) is 0 Å². The highest BCUT2D eigenvalue weighted by atomic mass is 35.5. The summed E-state index contributed by atoms with van der Waals surface area (Å²) in [6.45, 7) is 1.29. The average molecular weight is 205 g/mol. The molecule has 1 atom stereocenters. The van der Waals surface area contributed by atoms with Gasteiger partial charge in [0.2, 0.25) is 0 Å². The number of unbranched alkanes of at least 4 members (excludes halogenated alkanes) is 2. The Labute approximate surface area is 82.4 Å². The molecule has 0 aromatic rings. The van der Waals surface area contributed by atoms with Gasteiger partial charge in [0, 0.05) is 12.8 Å². The Bertz CT molecular complexity index is 201. The molecule has 0 radical (unpaired) electrons. The van der Waals surface area contributed by atoms with Gasteiger partial charge in [0.15, 0.2) is 11.6 Å². The van der Waals surface area contributed by atoms with Gasteiger partial charge in [-0.2, -0.15) is 0 Å². The second kappa shape index (κ2) is 6.78. The molecule has 0 fully saturated rings. The lowest BCUT2D eigenvalue weighted by molar-refractivity contribution is -0.125. The molecule has 0 rings (SSSR count). The molecule has 0 spiro atoms. The summed E-state index contributed by atoms with van der Waals surface area (Å²) in [5, 5.41) is -1.00. The lowest BCUT2D eigenvalue weighted by Crippen LogP contribution is -2.21. The standard InChI is InChI=1S/C9H13ClO3/c1-7(12)9(10)8(13)5-3-2-4-6-11/h6,9H,2-5H2,1H3. The SMILES string of the molecule is CC(=O)C(Cl)C(=O)CCCCC=O. The van der Waals surface area contributed by atoms with Crippen LogP contribution in [0.1, 0.15) is 32.6 Å². The smallest absolute Gasteiger partial charge is 0.158 e. The summed E-state index contributed by atoms with van der Waals surface area (Å²) in [6, 6.07) is 0. The fourth-order valence-electron chi connectivity index (χ4n) is 0.880. The molecule has 0 saturated heterocycles. The topological polar surface area (TPSA) is 51.2 Å². The molecule has 0 saturated carbocycles. The van der Waals surface area contributed by atoms with E-state index in [-0.39, 0.29) is 18.0 Å². The van der Waals surface area contributed by atoms with E-state index in [1.165, 1.54) is 6.92 Å². The van der Waals surface area contributed by atoms with Crippen LogP contribution < -0.4 is 0 Å². The first-order chi connectivity index (χ1) is 6.09. The molecule has 0 aromatic heterocycles. The van der Waals surface area contributed by atoms with Crippen LogP contribution in [0.15, 0.2) is 0 Å². The summed E-state index contributed by atoms with van der Waals surface area (Å²) in [6.07, 6.45) is 2.85. The number of rotatable bonds is 7. The summed E-state index contributed by atoms with van der Waals surface area (Å²) in [4.78, 5) is 31.7. The predicted octanol–water partition coefficient (Wildman–Crippen LogP) is 1.51. The van der Waals surface area contributed by atoms with Crippen molar-refractivity contribution in [3.63, 3.8) is 0 Å². The van der Waals surface area contributed by atoms with E-state index in [4.69, 9.17) is 11.6 Å². The van der Waals surface area contributed by atoms with Gasteiger partial charge in [0.05, 0.1) is 0 Å². The first kappa shape index (κ1) is 12.3. The van der Waals surface area contributed by atoms with Gasteiger partial charge >= 0.3 is 0 Å². The second-order valence-electron chi connectivity index (χ2n) is 2.85. The number of hydrogen-bond donors (Lipinski definition) is 0. The summed E-state index contributed by atoms with van der Waals surface area (Å²) < 4.78 is 0. The number of aldehydes is 1. The van der Waals surface area contributed by atoms with E-state index < -0.39 is 5.38 Å². The number of alkyl halides is 1. The monoisotopic (exact) mass is 204 g/mol. The first-order valence-electron chi connectivity index (χ1n) is 4.20. The zero-order valence-corrected chi connectivity index (χ0v) is 8.34. The minimum absolute atomic E-state index is 0.250. The molecule has 0 aliphatic rings. The second-order valence-corrected chi connectivity index (χ2v) is 3.29. The van der Waals surface area contributed by atoms with Gasteiger partial charge in [-0.1, -0.05) is 0 Å². The first-order valence-corrected chi connectivity index (χ1v) is 4.64. The van der Waals surface area contributed by atoms with E-state index >= 15 is 0 Å². The zero-order chi connectivity index (χ0) is 10.3. The summed E-state index contributed by atoms with van der Waals surface area (Å²) in [5.74, 6) is -0.567. The van der Waals surface area contributed by atoms with Gasteiger partial charge in [-0.3, -0.25) is 9.59 Å². The predicted molar refractivity (Wildman–Crippen MR) is 49.9 cm³/mol. The number of hydrogen-bond acceptors (Lipinski definition) is 3. The Morgan fingerprint density at radius 1 is 1.38 bits per heavy atom. The van der Waals surface area contributed by atoms with Gasteiger partial charge in [-0.05, 0) is 19.8 Å². The Kier molecular flexibility index (Phi) is 6.41. The number of Topliss-reactive ketones (excluding diaryl/α,β-unsaturated/α-hetero) is 2. The van der Waals surface area contributed by atoms with E-state index in [2.05, 4.69) is 0 Å². The Balaban J connectivity index is 3.62. The molecule has 4 heteroatoms. The van der Waals surface area contributed by atoms with Crippen molar-refractivity contribution in [3.05, 3.63) is 0 Å². The van der Waals surface area contributed by atoms with E-state index in [0.717, 1.165) is 6.29 Å². The molecule has 0 heterocycles. The van der Waals surface area contributed by atoms with Crippen molar-refractivity contribution in [1.82, 2.24) is 0 Å². The maximum absolute atomic E-state index is 11.1. The molecule has 3 nitrogen and oxygen atoms in total. The minimum Gasteiger partial charge on any atom is -0.303 e. The highest BCUT2D eigenvalue weighted by Crippen LogP contribution is 2.06. The number of ketones is 2. The maximum atomic E-state index is 11.1. The molecule has 0 bridgehead atoms. The van der Waals surface area contributed by atoms with E-state index in [1.807, 2.05) is 0 Å². The molecular weight excluding hydrogens is 192 g/mol. The summed E-state index contributed by atoms with van der Waals surface area (Å²) >= 11 is 5.51. The molecular formula is C9H13ClO3. The molecule has 0 aliphatic carbocycles. The summed E-state index contributed by atoms with van der Waals surface area (Å²) in [5.41, 5.74) is 0. The van der Waals surface area contributed by atoms with Crippen molar-refractivity contribution in [1.29, 1.82) is 0 Å². The van der Waals surface area contributed by atoms with Crippen molar-refractivity contribution in [2.45, 2.75) is 38.0 Å². The lowest BCUT2D eigenvalue weighted by Gasteiger charge is -2.02. The van der Waals surface area contributed by atoms with Gasteiger partial charge in [-0.15, -0.1) is 11.6 Å². The molecule has 0 aliphatic heterocycles. The molecule has 0 aromatic carbocycles. The molecule has 74 valence electrons. The van der Waals surface area contributed by atoms with E-state index in [1.54, 1.807) is 0 Å². The highest BCUT2D eigenvalue weighted by molar-refractivity contribution is 6.41. The van der Waals surface area contributed by atoms with Crippen LogP contribution in [0.2, 0.25) is 0 Å². The third kappa shape index (κ3) is 5.53. The van der Waals surface area contributed by atoms with Gasteiger partial charge in [0.1, 0.15) is 11.7 Å². The number of halogens is 1. The van der Waals surface area contributed by atoms with Gasteiger partial charge in [0.25, 0.3) is 0 Å². The van der Waals surface area contributed by atoms with Crippen LogP contribution in [0.3, 0.4) is 0 Å².